The smallest absolute Gasteiger partial charge is 0.212 e. The van der Waals surface area contributed by atoms with Gasteiger partial charge in [-0.1, -0.05) is 29.8 Å². The average Bonchev–Trinajstić information content (AvgIpc) is 2.01. The van der Waals surface area contributed by atoms with E-state index in [2.05, 4.69) is 0 Å². The minimum absolute atomic E-state index is 0.250. The Bertz CT molecular complexity index is 415. The molecule has 78 valence electrons. The van der Waals surface area contributed by atoms with Crippen LogP contribution >= 0.6 is 22.3 Å². The molecule has 0 radical (unpaired) electrons. The van der Waals surface area contributed by atoms with Gasteiger partial charge in [0.25, 0.3) is 0 Å². The molecule has 0 aliphatic heterocycles. The summed E-state index contributed by atoms with van der Waals surface area (Å²) in [7, 11) is 1.56. The van der Waals surface area contributed by atoms with Crippen LogP contribution in [0.5, 0.6) is 0 Å². The lowest BCUT2D eigenvalue weighted by Gasteiger charge is -2.07. The summed E-state index contributed by atoms with van der Waals surface area (Å²) in [5.41, 5.74) is 1.82. The summed E-state index contributed by atoms with van der Waals surface area (Å²) >= 11 is 5.90. The van der Waals surface area contributed by atoms with Crippen molar-refractivity contribution in [3.05, 3.63) is 35.4 Å². The SMILES string of the molecule is Cc1cccc(C(Cl)CS(=O)(=O)Cl)c1. The summed E-state index contributed by atoms with van der Waals surface area (Å²) in [6.07, 6.45) is 0. The summed E-state index contributed by atoms with van der Waals surface area (Å²) in [5, 5.41) is -0.586. The van der Waals surface area contributed by atoms with Gasteiger partial charge in [-0.3, -0.25) is 0 Å². The normalized spacial score (nSPS) is 13.9. The van der Waals surface area contributed by atoms with Gasteiger partial charge in [0.2, 0.25) is 9.05 Å². The molecule has 0 amide bonds. The summed E-state index contributed by atoms with van der Waals surface area (Å²) in [4.78, 5) is 0. The van der Waals surface area contributed by atoms with Crippen molar-refractivity contribution in [3.8, 4) is 0 Å². The van der Waals surface area contributed by atoms with E-state index in [-0.39, 0.29) is 5.75 Å². The summed E-state index contributed by atoms with van der Waals surface area (Å²) in [6.45, 7) is 1.92. The van der Waals surface area contributed by atoms with E-state index >= 15 is 0 Å². The van der Waals surface area contributed by atoms with Crippen molar-refractivity contribution < 1.29 is 8.42 Å². The Morgan fingerprint density at radius 3 is 2.57 bits per heavy atom. The van der Waals surface area contributed by atoms with Crippen molar-refractivity contribution in [2.75, 3.05) is 5.75 Å². The Balaban J connectivity index is 2.85. The Hall–Kier alpha value is -0.250. The Morgan fingerprint density at radius 2 is 2.07 bits per heavy atom. The van der Waals surface area contributed by atoms with Gasteiger partial charge < -0.3 is 0 Å². The number of rotatable bonds is 3. The molecule has 0 spiro atoms. The first kappa shape index (κ1) is 11.8. The monoisotopic (exact) mass is 252 g/mol. The zero-order valence-electron chi connectivity index (χ0n) is 7.57. The van der Waals surface area contributed by atoms with Gasteiger partial charge in [0, 0.05) is 10.7 Å². The second kappa shape index (κ2) is 4.51. The molecule has 1 aromatic rings. The third kappa shape index (κ3) is 3.86. The Labute approximate surface area is 93.3 Å². The van der Waals surface area contributed by atoms with E-state index in [0.29, 0.717) is 0 Å². The number of halogens is 2. The molecule has 0 aliphatic rings. The Morgan fingerprint density at radius 1 is 1.43 bits per heavy atom. The first-order valence-electron chi connectivity index (χ1n) is 4.01. The summed E-state index contributed by atoms with van der Waals surface area (Å²) in [5.74, 6) is -0.250. The lowest BCUT2D eigenvalue weighted by atomic mass is 10.1. The maximum Gasteiger partial charge on any atom is 0.234 e. The van der Waals surface area contributed by atoms with Gasteiger partial charge in [-0.25, -0.2) is 8.42 Å². The van der Waals surface area contributed by atoms with Crippen LogP contribution in [-0.2, 0) is 9.05 Å². The van der Waals surface area contributed by atoms with Crippen LogP contribution in [0.1, 0.15) is 16.5 Å². The number of hydrogen-bond donors (Lipinski definition) is 0. The van der Waals surface area contributed by atoms with Gasteiger partial charge in [0.15, 0.2) is 0 Å². The molecule has 0 heterocycles. The van der Waals surface area contributed by atoms with Crippen LogP contribution in [0, 0.1) is 6.92 Å². The molecule has 0 fully saturated rings. The minimum atomic E-state index is -3.54. The van der Waals surface area contributed by atoms with Crippen molar-refractivity contribution in [1.29, 1.82) is 0 Å². The van der Waals surface area contributed by atoms with E-state index in [9.17, 15) is 8.42 Å². The fourth-order valence-electron chi connectivity index (χ4n) is 1.14. The molecule has 14 heavy (non-hydrogen) atoms. The Kier molecular flexibility index (Phi) is 3.81. The third-order valence-corrected chi connectivity index (χ3v) is 3.45. The van der Waals surface area contributed by atoms with E-state index in [1.807, 2.05) is 25.1 Å². The van der Waals surface area contributed by atoms with Gasteiger partial charge in [-0.05, 0) is 12.5 Å². The van der Waals surface area contributed by atoms with Crippen LogP contribution in [0.15, 0.2) is 24.3 Å². The van der Waals surface area contributed by atoms with Crippen LogP contribution in [0.25, 0.3) is 0 Å². The van der Waals surface area contributed by atoms with Gasteiger partial charge >= 0.3 is 0 Å². The largest absolute Gasteiger partial charge is 0.234 e. The van der Waals surface area contributed by atoms with Crippen LogP contribution in [0.3, 0.4) is 0 Å². The highest BCUT2D eigenvalue weighted by Gasteiger charge is 2.16. The average molecular weight is 253 g/mol. The van der Waals surface area contributed by atoms with E-state index in [4.69, 9.17) is 22.3 Å². The summed E-state index contributed by atoms with van der Waals surface area (Å²) < 4.78 is 21.6. The predicted molar refractivity (Wildman–Crippen MR) is 59.4 cm³/mol. The third-order valence-electron chi connectivity index (χ3n) is 1.75. The van der Waals surface area contributed by atoms with Crippen LogP contribution in [-0.4, -0.2) is 14.2 Å². The molecular weight excluding hydrogens is 243 g/mol. The maximum absolute atomic E-state index is 10.8. The number of benzene rings is 1. The van der Waals surface area contributed by atoms with Gasteiger partial charge in [-0.15, -0.1) is 11.6 Å². The van der Waals surface area contributed by atoms with Crippen LogP contribution in [0.4, 0.5) is 0 Å². The molecule has 1 atom stereocenters. The molecule has 0 bridgehead atoms. The fraction of sp³-hybridized carbons (Fsp3) is 0.333. The maximum atomic E-state index is 10.8. The molecule has 1 unspecified atom stereocenters. The highest BCUT2D eigenvalue weighted by atomic mass is 35.7. The highest BCUT2D eigenvalue weighted by Crippen LogP contribution is 2.24. The molecule has 1 rings (SSSR count). The number of aryl methyl sites for hydroxylation is 1. The van der Waals surface area contributed by atoms with Crippen molar-refractivity contribution >= 4 is 31.3 Å². The van der Waals surface area contributed by atoms with E-state index in [1.165, 1.54) is 0 Å². The van der Waals surface area contributed by atoms with Gasteiger partial charge in [0.1, 0.15) is 0 Å². The van der Waals surface area contributed by atoms with Crippen molar-refractivity contribution in [2.45, 2.75) is 12.3 Å². The molecule has 0 saturated heterocycles. The lowest BCUT2D eigenvalue weighted by Crippen LogP contribution is -2.04. The second-order valence-corrected chi connectivity index (χ2v) is 6.44. The molecule has 2 nitrogen and oxygen atoms in total. The topological polar surface area (TPSA) is 34.1 Å². The molecule has 0 N–H and O–H groups in total. The second-order valence-electron chi connectivity index (χ2n) is 3.09. The molecular formula is C9H10Cl2O2S. The minimum Gasteiger partial charge on any atom is -0.212 e. The zero-order chi connectivity index (χ0) is 10.8. The van der Waals surface area contributed by atoms with Crippen LogP contribution < -0.4 is 0 Å². The van der Waals surface area contributed by atoms with Gasteiger partial charge in [-0.2, -0.15) is 0 Å². The van der Waals surface area contributed by atoms with E-state index in [0.717, 1.165) is 11.1 Å². The fourth-order valence-corrected chi connectivity index (χ4v) is 2.88. The summed E-state index contributed by atoms with van der Waals surface area (Å²) in [6, 6.07) is 7.38. The van der Waals surface area contributed by atoms with Gasteiger partial charge in [0.05, 0.1) is 11.1 Å². The number of alkyl halides is 1. The van der Waals surface area contributed by atoms with Crippen molar-refractivity contribution in [2.24, 2.45) is 0 Å². The van der Waals surface area contributed by atoms with Crippen LogP contribution in [0.2, 0.25) is 0 Å². The predicted octanol–water partition coefficient (Wildman–Crippen LogP) is 2.84. The molecule has 0 aromatic heterocycles. The molecule has 0 aliphatic carbocycles. The highest BCUT2D eigenvalue weighted by molar-refractivity contribution is 8.13. The van der Waals surface area contributed by atoms with E-state index in [1.54, 1.807) is 6.07 Å². The lowest BCUT2D eigenvalue weighted by molar-refractivity contribution is 0.608. The number of hydrogen-bond acceptors (Lipinski definition) is 2. The van der Waals surface area contributed by atoms with E-state index < -0.39 is 14.4 Å². The first-order valence-corrected chi connectivity index (χ1v) is 6.93. The quantitative estimate of drug-likeness (QED) is 0.613. The van der Waals surface area contributed by atoms with Crippen molar-refractivity contribution in [3.63, 3.8) is 0 Å². The molecule has 1 aromatic carbocycles. The standard InChI is InChI=1S/C9H10Cl2O2S/c1-7-3-2-4-8(5-7)9(10)6-14(11,12)13/h2-5,9H,6H2,1H3. The first-order chi connectivity index (χ1) is 6.38. The zero-order valence-corrected chi connectivity index (χ0v) is 9.90. The molecule has 5 heteroatoms. The molecule has 0 saturated carbocycles. The van der Waals surface area contributed by atoms with Crippen molar-refractivity contribution in [1.82, 2.24) is 0 Å².